The minimum atomic E-state index is -0.478. The summed E-state index contributed by atoms with van der Waals surface area (Å²) in [5.74, 6) is 0.280. The van der Waals surface area contributed by atoms with Crippen molar-refractivity contribution in [3.8, 4) is 0 Å². The zero-order chi connectivity index (χ0) is 23.2. The fraction of sp³-hybridized carbons (Fsp3) is 0.654. The van der Waals surface area contributed by atoms with E-state index in [1.165, 1.54) is 4.88 Å². The standard InChI is InChI=1S/C26H36N4O2S/c1-15(24(32)29-18-7-8-18)19-9-11-26(3)14-20-22(16(2)21(26)23(19)31)30-25(33-20)28-13-10-17-6-4-5-12-27-17/h4-6,12,15-16,18-19,21,23,31H,7-11,13-14H2,1-3H3,(H,28,30)(H,29,32)/t15-,16-,19-,21+,23-,26-/m0/s1. The predicted molar refractivity (Wildman–Crippen MR) is 131 cm³/mol. The SMILES string of the molecule is C[C@H](C(=O)NC1CC1)[C@@H]1CC[C@@]2(C)Cc3sc(NCCc4ccccn4)nc3[C@@H](C)[C@@H]2[C@H]1O. The van der Waals surface area contributed by atoms with Crippen LogP contribution in [-0.2, 0) is 17.6 Å². The maximum atomic E-state index is 12.7. The van der Waals surface area contributed by atoms with Gasteiger partial charge in [0.2, 0.25) is 5.91 Å². The molecule has 0 radical (unpaired) electrons. The number of thiazole rings is 1. The molecule has 3 aliphatic rings. The third kappa shape index (κ3) is 4.54. The zero-order valence-electron chi connectivity index (χ0n) is 19.9. The smallest absolute Gasteiger partial charge is 0.223 e. The molecule has 3 N–H and O–H groups in total. The van der Waals surface area contributed by atoms with E-state index in [1.807, 2.05) is 31.3 Å². The van der Waals surface area contributed by atoms with Crippen molar-refractivity contribution in [2.45, 2.75) is 77.4 Å². The molecule has 6 atom stereocenters. The second-order valence-electron chi connectivity index (χ2n) is 10.7. The third-order valence-corrected chi connectivity index (χ3v) is 9.31. The Kier molecular flexibility index (Phi) is 6.21. The molecule has 0 aliphatic heterocycles. The van der Waals surface area contributed by atoms with Crippen LogP contribution in [-0.4, -0.2) is 39.7 Å². The summed E-state index contributed by atoms with van der Waals surface area (Å²) in [6.45, 7) is 7.36. The number of fused-ring (bicyclic) bond motifs is 2. The van der Waals surface area contributed by atoms with Crippen LogP contribution in [0, 0.1) is 23.2 Å². The quantitative estimate of drug-likeness (QED) is 0.568. The minimum Gasteiger partial charge on any atom is -0.392 e. The van der Waals surface area contributed by atoms with Gasteiger partial charge in [0.05, 0.1) is 11.8 Å². The number of aliphatic hydroxyl groups excluding tert-OH is 1. The van der Waals surface area contributed by atoms with Gasteiger partial charge in [0.15, 0.2) is 5.13 Å². The molecular formula is C26H36N4O2S. The molecule has 2 heterocycles. The molecule has 0 unspecified atom stereocenters. The van der Waals surface area contributed by atoms with Crippen LogP contribution in [0.25, 0.3) is 0 Å². The molecule has 178 valence electrons. The molecule has 1 amide bonds. The van der Waals surface area contributed by atoms with E-state index < -0.39 is 6.10 Å². The van der Waals surface area contributed by atoms with E-state index in [0.29, 0.717) is 6.04 Å². The van der Waals surface area contributed by atoms with Crippen LogP contribution in [0.3, 0.4) is 0 Å². The molecule has 5 rings (SSSR count). The summed E-state index contributed by atoms with van der Waals surface area (Å²) < 4.78 is 0. The molecule has 2 fully saturated rings. The van der Waals surface area contributed by atoms with Gasteiger partial charge in [-0.3, -0.25) is 9.78 Å². The predicted octanol–water partition coefficient (Wildman–Crippen LogP) is 4.16. The first kappa shape index (κ1) is 22.8. The van der Waals surface area contributed by atoms with Gasteiger partial charge in [-0.2, -0.15) is 0 Å². The van der Waals surface area contributed by atoms with Gasteiger partial charge in [0.25, 0.3) is 0 Å². The van der Waals surface area contributed by atoms with Gasteiger partial charge in [-0.05, 0) is 61.5 Å². The number of rotatable bonds is 7. The Morgan fingerprint density at radius 2 is 2.15 bits per heavy atom. The normalized spacial score (nSPS) is 31.9. The number of amides is 1. The van der Waals surface area contributed by atoms with Crippen LogP contribution in [0.4, 0.5) is 5.13 Å². The Labute approximate surface area is 200 Å². The number of carbonyl (C=O) groups excluding carboxylic acids is 1. The van der Waals surface area contributed by atoms with E-state index in [-0.39, 0.29) is 35.0 Å². The lowest BCUT2D eigenvalue weighted by Crippen LogP contribution is -2.53. The van der Waals surface area contributed by atoms with Crippen LogP contribution in [0.2, 0.25) is 0 Å². The first-order valence-corrected chi connectivity index (χ1v) is 13.3. The van der Waals surface area contributed by atoms with Crippen molar-refractivity contribution in [3.63, 3.8) is 0 Å². The lowest BCUT2D eigenvalue weighted by atomic mass is 9.53. The van der Waals surface area contributed by atoms with Crippen molar-refractivity contribution in [1.29, 1.82) is 0 Å². The van der Waals surface area contributed by atoms with Gasteiger partial charge in [-0.25, -0.2) is 4.98 Å². The first-order chi connectivity index (χ1) is 15.9. The van der Waals surface area contributed by atoms with Gasteiger partial charge < -0.3 is 15.7 Å². The molecule has 6 nitrogen and oxygen atoms in total. The lowest BCUT2D eigenvalue weighted by Gasteiger charge is -2.53. The highest BCUT2D eigenvalue weighted by Crippen LogP contribution is 2.57. The summed E-state index contributed by atoms with van der Waals surface area (Å²) in [6.07, 6.45) is 7.31. The Morgan fingerprint density at radius 3 is 2.88 bits per heavy atom. The minimum absolute atomic E-state index is 0.0143. The molecule has 0 aromatic carbocycles. The van der Waals surface area contributed by atoms with Crippen molar-refractivity contribution in [3.05, 3.63) is 40.7 Å². The Hall–Kier alpha value is -1.99. The van der Waals surface area contributed by atoms with E-state index in [2.05, 4.69) is 29.5 Å². The van der Waals surface area contributed by atoms with Crippen LogP contribution < -0.4 is 10.6 Å². The fourth-order valence-electron chi connectivity index (χ4n) is 6.22. The number of aromatic nitrogens is 2. The fourth-order valence-corrected chi connectivity index (χ4v) is 7.51. The molecule has 2 aromatic heterocycles. The molecule has 33 heavy (non-hydrogen) atoms. The summed E-state index contributed by atoms with van der Waals surface area (Å²) in [6, 6.07) is 6.36. The summed E-state index contributed by atoms with van der Waals surface area (Å²) in [4.78, 5) is 23.4. The van der Waals surface area contributed by atoms with Gasteiger partial charge in [-0.1, -0.05) is 26.8 Å². The lowest BCUT2D eigenvalue weighted by molar-refractivity contribution is -0.134. The third-order valence-electron chi connectivity index (χ3n) is 8.29. The van der Waals surface area contributed by atoms with Gasteiger partial charge in [0, 0.05) is 47.6 Å². The van der Waals surface area contributed by atoms with E-state index in [1.54, 1.807) is 11.3 Å². The summed E-state index contributed by atoms with van der Waals surface area (Å²) in [7, 11) is 0. The molecule has 2 saturated carbocycles. The highest BCUT2D eigenvalue weighted by Gasteiger charge is 2.54. The highest BCUT2D eigenvalue weighted by atomic mass is 32.1. The van der Waals surface area contributed by atoms with Gasteiger partial charge in [0.1, 0.15) is 0 Å². The molecular weight excluding hydrogens is 432 g/mol. The highest BCUT2D eigenvalue weighted by molar-refractivity contribution is 7.15. The van der Waals surface area contributed by atoms with E-state index >= 15 is 0 Å². The Bertz CT molecular complexity index is 991. The molecule has 3 aliphatic carbocycles. The van der Waals surface area contributed by atoms with E-state index in [4.69, 9.17) is 4.98 Å². The number of anilines is 1. The van der Waals surface area contributed by atoms with Crippen molar-refractivity contribution < 1.29 is 9.90 Å². The van der Waals surface area contributed by atoms with Crippen molar-refractivity contribution in [2.24, 2.45) is 23.2 Å². The number of hydrogen-bond acceptors (Lipinski definition) is 6. The Balaban J connectivity index is 1.28. The summed E-state index contributed by atoms with van der Waals surface area (Å²) in [5.41, 5.74) is 2.26. The number of pyridine rings is 1. The second kappa shape index (κ2) is 8.99. The zero-order valence-corrected chi connectivity index (χ0v) is 20.7. The molecule has 0 spiro atoms. The number of nitrogens with zero attached hydrogens (tertiary/aromatic N) is 2. The van der Waals surface area contributed by atoms with E-state index in [9.17, 15) is 9.90 Å². The molecule has 2 aromatic rings. The van der Waals surface area contributed by atoms with Crippen molar-refractivity contribution >= 4 is 22.4 Å². The van der Waals surface area contributed by atoms with Crippen LogP contribution >= 0.6 is 11.3 Å². The maximum Gasteiger partial charge on any atom is 0.223 e. The molecule has 7 heteroatoms. The number of aliphatic hydroxyl groups is 1. The topological polar surface area (TPSA) is 87.1 Å². The van der Waals surface area contributed by atoms with Crippen molar-refractivity contribution in [1.82, 2.24) is 15.3 Å². The number of hydrogen-bond donors (Lipinski definition) is 3. The average molecular weight is 469 g/mol. The number of nitrogens with one attached hydrogen (secondary N) is 2. The second-order valence-corrected chi connectivity index (χ2v) is 11.8. The maximum absolute atomic E-state index is 12.7. The van der Waals surface area contributed by atoms with Gasteiger partial charge in [-0.15, -0.1) is 11.3 Å². The average Bonchev–Trinajstić information content (AvgIpc) is 3.51. The van der Waals surface area contributed by atoms with Crippen LogP contribution in [0.5, 0.6) is 0 Å². The van der Waals surface area contributed by atoms with Crippen molar-refractivity contribution in [2.75, 3.05) is 11.9 Å². The summed E-state index contributed by atoms with van der Waals surface area (Å²) >= 11 is 1.77. The molecule has 0 saturated heterocycles. The Morgan fingerprint density at radius 1 is 1.33 bits per heavy atom. The monoisotopic (exact) mass is 468 g/mol. The van der Waals surface area contributed by atoms with Crippen LogP contribution in [0.1, 0.15) is 68.6 Å². The van der Waals surface area contributed by atoms with E-state index in [0.717, 1.165) is 61.6 Å². The summed E-state index contributed by atoms with van der Waals surface area (Å²) in [5, 5.41) is 19.1. The largest absolute Gasteiger partial charge is 0.392 e. The molecule has 0 bridgehead atoms. The number of carbonyl (C=O) groups is 1. The van der Waals surface area contributed by atoms with Gasteiger partial charge >= 0.3 is 0 Å². The van der Waals surface area contributed by atoms with Crippen LogP contribution in [0.15, 0.2) is 24.4 Å². The first-order valence-electron chi connectivity index (χ1n) is 12.5.